The average molecular weight is 368 g/mol. The van der Waals surface area contributed by atoms with E-state index in [0.29, 0.717) is 17.5 Å². The highest BCUT2D eigenvalue weighted by atomic mass is 32.2. The molecule has 26 heavy (non-hydrogen) atoms. The first-order chi connectivity index (χ1) is 12.3. The van der Waals surface area contributed by atoms with Crippen molar-refractivity contribution in [1.29, 1.82) is 0 Å². The molecule has 7 nitrogen and oxygen atoms in total. The smallest absolute Gasteiger partial charge is 0.239 e. The monoisotopic (exact) mass is 368 g/mol. The van der Waals surface area contributed by atoms with Gasteiger partial charge in [-0.3, -0.25) is 0 Å². The van der Waals surface area contributed by atoms with Crippen molar-refractivity contribution in [1.82, 2.24) is 29.7 Å². The number of benzene rings is 1. The molecule has 0 spiro atoms. The maximum Gasteiger partial charge on any atom is 0.239 e. The Morgan fingerprint density at radius 3 is 2.62 bits per heavy atom. The van der Waals surface area contributed by atoms with Crippen molar-refractivity contribution in [3.8, 4) is 0 Å². The minimum Gasteiger partial charge on any atom is -0.338 e. The van der Waals surface area contributed by atoms with Gasteiger partial charge in [0.15, 0.2) is 16.6 Å². The van der Waals surface area contributed by atoms with E-state index in [2.05, 4.69) is 41.0 Å². The zero-order valence-electron chi connectivity index (χ0n) is 15.4. The lowest BCUT2D eigenvalue weighted by molar-refractivity contribution is 0.364. The molecule has 4 rings (SSSR count). The number of rotatable bonds is 3. The van der Waals surface area contributed by atoms with Crippen LogP contribution in [0.2, 0.25) is 0 Å². The number of nitrogens with zero attached hydrogens (tertiary/aromatic N) is 6. The van der Waals surface area contributed by atoms with Gasteiger partial charge in [-0.15, -0.1) is 5.10 Å². The van der Waals surface area contributed by atoms with Gasteiger partial charge in [0.25, 0.3) is 0 Å². The van der Waals surface area contributed by atoms with E-state index in [0.717, 1.165) is 21.7 Å². The summed E-state index contributed by atoms with van der Waals surface area (Å²) in [6.07, 6.45) is 0. The number of fused-ring (bicyclic) bond motifs is 3. The third-order valence-electron chi connectivity index (χ3n) is 4.00. The first kappa shape index (κ1) is 17.0. The van der Waals surface area contributed by atoms with E-state index in [4.69, 9.17) is 9.51 Å². The molecule has 4 aromatic rings. The van der Waals surface area contributed by atoms with E-state index in [1.165, 1.54) is 11.8 Å². The Kier molecular flexibility index (Phi) is 3.95. The van der Waals surface area contributed by atoms with Gasteiger partial charge in [-0.2, -0.15) is 9.50 Å². The van der Waals surface area contributed by atoms with E-state index >= 15 is 0 Å². The highest BCUT2D eigenvalue weighted by Gasteiger charge is 2.25. The Labute approximate surface area is 155 Å². The maximum atomic E-state index is 5.47. The summed E-state index contributed by atoms with van der Waals surface area (Å²) in [4.78, 5) is 13.9. The highest BCUT2D eigenvalue weighted by molar-refractivity contribution is 7.99. The largest absolute Gasteiger partial charge is 0.338 e. The molecule has 1 unspecified atom stereocenters. The van der Waals surface area contributed by atoms with Gasteiger partial charge in [0.2, 0.25) is 5.89 Å². The maximum absolute atomic E-state index is 5.47. The summed E-state index contributed by atoms with van der Waals surface area (Å²) in [5, 5.41) is 10.3. The Morgan fingerprint density at radius 1 is 1.12 bits per heavy atom. The number of thioether (sulfide) groups is 1. The minimum atomic E-state index is -0.149. The summed E-state index contributed by atoms with van der Waals surface area (Å²) < 4.78 is 7.27. The summed E-state index contributed by atoms with van der Waals surface area (Å²) in [7, 11) is 0. The summed E-state index contributed by atoms with van der Waals surface area (Å²) in [5.41, 5.74) is 1.55. The van der Waals surface area contributed by atoms with Crippen molar-refractivity contribution in [2.24, 2.45) is 0 Å². The Hall–Kier alpha value is -2.48. The molecule has 3 aromatic heterocycles. The van der Waals surface area contributed by atoms with E-state index in [1.807, 2.05) is 38.1 Å². The second kappa shape index (κ2) is 6.05. The predicted molar refractivity (Wildman–Crippen MR) is 100 cm³/mol. The lowest BCUT2D eigenvalue weighted by Crippen LogP contribution is -2.13. The normalized spacial score (nSPS) is 13.6. The second-order valence-electron chi connectivity index (χ2n) is 7.27. The van der Waals surface area contributed by atoms with Crippen LogP contribution in [0.4, 0.5) is 0 Å². The second-order valence-corrected chi connectivity index (χ2v) is 8.58. The van der Waals surface area contributed by atoms with Crippen LogP contribution >= 0.6 is 11.8 Å². The molecule has 1 atom stereocenters. The molecule has 0 N–H and O–H groups in total. The van der Waals surface area contributed by atoms with Crippen LogP contribution in [0.15, 0.2) is 33.9 Å². The van der Waals surface area contributed by atoms with Crippen molar-refractivity contribution in [2.75, 3.05) is 0 Å². The molecular weight excluding hydrogens is 348 g/mol. The molecule has 3 heterocycles. The Balaban J connectivity index is 1.75. The van der Waals surface area contributed by atoms with E-state index in [1.54, 1.807) is 4.52 Å². The van der Waals surface area contributed by atoms with Gasteiger partial charge in [0.1, 0.15) is 5.82 Å². The van der Waals surface area contributed by atoms with E-state index in [9.17, 15) is 0 Å². The van der Waals surface area contributed by atoms with Gasteiger partial charge in [0, 0.05) is 10.8 Å². The van der Waals surface area contributed by atoms with Crippen LogP contribution in [-0.4, -0.2) is 29.7 Å². The van der Waals surface area contributed by atoms with Crippen LogP contribution < -0.4 is 0 Å². The molecule has 0 aliphatic rings. The standard InChI is InChI=1S/C18H20N6OS/c1-10(15-21-16(23-25-15)18(3,4)5)26-17-20-13-9-7-6-8-12(13)14-19-11(2)22-24(14)17/h6-10H,1-5H3. The fraction of sp³-hybridized carbons (Fsp3) is 0.389. The zero-order valence-corrected chi connectivity index (χ0v) is 16.2. The van der Waals surface area contributed by atoms with Gasteiger partial charge >= 0.3 is 0 Å². The van der Waals surface area contributed by atoms with Crippen LogP contribution in [0.25, 0.3) is 16.6 Å². The molecule has 0 amide bonds. The molecule has 0 fully saturated rings. The first-order valence-corrected chi connectivity index (χ1v) is 9.34. The molecule has 0 aliphatic heterocycles. The molecule has 134 valence electrons. The van der Waals surface area contributed by atoms with Crippen molar-refractivity contribution >= 4 is 28.3 Å². The molecule has 0 saturated heterocycles. The van der Waals surface area contributed by atoms with Crippen LogP contribution in [-0.2, 0) is 5.41 Å². The van der Waals surface area contributed by atoms with Crippen LogP contribution in [0.5, 0.6) is 0 Å². The molecule has 0 aliphatic carbocycles. The zero-order chi connectivity index (χ0) is 18.5. The molecule has 8 heteroatoms. The summed E-state index contributed by atoms with van der Waals surface area (Å²) in [6, 6.07) is 7.95. The van der Waals surface area contributed by atoms with Gasteiger partial charge in [0.05, 0.1) is 10.8 Å². The fourth-order valence-electron chi connectivity index (χ4n) is 2.62. The van der Waals surface area contributed by atoms with Gasteiger partial charge in [-0.1, -0.05) is 49.8 Å². The number of hydrogen-bond donors (Lipinski definition) is 0. The number of para-hydroxylation sites is 1. The number of hydrogen-bond acceptors (Lipinski definition) is 7. The van der Waals surface area contributed by atoms with Crippen molar-refractivity contribution in [3.05, 3.63) is 41.8 Å². The van der Waals surface area contributed by atoms with Gasteiger partial charge < -0.3 is 4.52 Å². The van der Waals surface area contributed by atoms with Crippen LogP contribution in [0.3, 0.4) is 0 Å². The Bertz CT molecular complexity index is 1090. The van der Waals surface area contributed by atoms with Gasteiger partial charge in [-0.25, -0.2) is 9.97 Å². The molecule has 0 saturated carbocycles. The minimum absolute atomic E-state index is 0.0556. The van der Waals surface area contributed by atoms with Crippen LogP contribution in [0, 0.1) is 6.92 Å². The Morgan fingerprint density at radius 2 is 1.88 bits per heavy atom. The summed E-state index contributed by atoms with van der Waals surface area (Å²) >= 11 is 1.53. The van der Waals surface area contributed by atoms with Crippen LogP contribution in [0.1, 0.15) is 50.5 Å². The number of aryl methyl sites for hydroxylation is 1. The third kappa shape index (κ3) is 2.94. The average Bonchev–Trinajstić information content (AvgIpc) is 3.21. The third-order valence-corrected chi connectivity index (χ3v) is 5.03. The molecular formula is C18H20N6OS. The van der Waals surface area contributed by atoms with Crippen molar-refractivity contribution in [3.63, 3.8) is 0 Å². The topological polar surface area (TPSA) is 82.0 Å². The lowest BCUT2D eigenvalue weighted by Gasteiger charge is -2.11. The number of aromatic nitrogens is 6. The van der Waals surface area contributed by atoms with E-state index < -0.39 is 0 Å². The van der Waals surface area contributed by atoms with E-state index in [-0.39, 0.29) is 10.7 Å². The SMILES string of the molecule is Cc1nc2c3ccccc3nc(SC(C)c3nc(C(C)(C)C)no3)n2n1. The first-order valence-electron chi connectivity index (χ1n) is 8.46. The van der Waals surface area contributed by atoms with Crippen molar-refractivity contribution < 1.29 is 4.52 Å². The van der Waals surface area contributed by atoms with Gasteiger partial charge in [-0.05, 0) is 26.0 Å². The summed E-state index contributed by atoms with van der Waals surface area (Å²) in [5.74, 6) is 2.00. The quantitative estimate of drug-likeness (QED) is 0.397. The fourth-order valence-corrected chi connectivity index (χ4v) is 3.51. The summed E-state index contributed by atoms with van der Waals surface area (Å²) in [6.45, 7) is 10.1. The van der Waals surface area contributed by atoms with Crippen molar-refractivity contribution in [2.45, 2.75) is 50.4 Å². The molecule has 0 radical (unpaired) electrons. The predicted octanol–water partition coefficient (Wildman–Crippen LogP) is 4.12. The molecule has 1 aromatic carbocycles. The highest BCUT2D eigenvalue weighted by Crippen LogP contribution is 2.35. The molecule has 0 bridgehead atoms. The lowest BCUT2D eigenvalue weighted by atomic mass is 9.96.